The molecular weight excluding hydrogens is 256 g/mol. The Morgan fingerprint density at radius 3 is 2.75 bits per heavy atom. The second kappa shape index (κ2) is 5.58. The van der Waals surface area contributed by atoms with Gasteiger partial charge in [-0.25, -0.2) is 0 Å². The van der Waals surface area contributed by atoms with Crippen molar-refractivity contribution in [1.82, 2.24) is 10.3 Å². The third-order valence-corrected chi connectivity index (χ3v) is 3.59. The van der Waals surface area contributed by atoms with Crippen LogP contribution in [0.4, 0.5) is 5.69 Å². The lowest BCUT2D eigenvalue weighted by Gasteiger charge is -2.36. The van der Waals surface area contributed by atoms with Crippen molar-refractivity contribution in [3.8, 4) is 0 Å². The lowest BCUT2D eigenvalue weighted by atomic mass is 10.0. The Morgan fingerprint density at radius 1 is 1.45 bits per heavy atom. The summed E-state index contributed by atoms with van der Waals surface area (Å²) in [6, 6.07) is 1.54. The zero-order chi connectivity index (χ0) is 14.9. The Kier molecular flexibility index (Phi) is 4.04. The fourth-order valence-corrected chi connectivity index (χ4v) is 2.67. The standard InChI is InChI=1S/C14H20N4O2/c1-4-11-14(20)17-13(19)7-18(11)12-5-8(2)16-9(3)10(12)6-15/h5,11H,4,6-7,15H2,1-3H3,(H,17,19,20). The lowest BCUT2D eigenvalue weighted by molar-refractivity contribution is -0.132. The number of carbonyl (C=O) groups is 2. The number of rotatable bonds is 3. The van der Waals surface area contributed by atoms with E-state index in [-0.39, 0.29) is 24.4 Å². The van der Waals surface area contributed by atoms with Gasteiger partial charge in [0.25, 0.3) is 0 Å². The van der Waals surface area contributed by atoms with Gasteiger partial charge in [-0.2, -0.15) is 0 Å². The molecule has 1 atom stereocenters. The summed E-state index contributed by atoms with van der Waals surface area (Å²) in [4.78, 5) is 29.9. The molecular formula is C14H20N4O2. The molecule has 2 heterocycles. The molecule has 1 aliphatic rings. The number of amides is 2. The summed E-state index contributed by atoms with van der Waals surface area (Å²) in [7, 11) is 0. The number of nitrogens with two attached hydrogens (primary N) is 1. The first-order chi connectivity index (χ1) is 9.47. The lowest BCUT2D eigenvalue weighted by Crippen LogP contribution is -2.58. The molecule has 2 rings (SSSR count). The average molecular weight is 276 g/mol. The van der Waals surface area contributed by atoms with Gasteiger partial charge in [-0.05, 0) is 26.3 Å². The molecule has 0 bridgehead atoms. The fourth-order valence-electron chi connectivity index (χ4n) is 2.67. The van der Waals surface area contributed by atoms with Crippen molar-refractivity contribution in [2.45, 2.75) is 39.8 Å². The zero-order valence-electron chi connectivity index (χ0n) is 12.1. The minimum absolute atomic E-state index is 0.167. The van der Waals surface area contributed by atoms with Gasteiger partial charge in [0.1, 0.15) is 6.04 Å². The minimum Gasteiger partial charge on any atom is -0.350 e. The third kappa shape index (κ3) is 2.51. The number of imide groups is 1. The minimum atomic E-state index is -0.348. The Labute approximate surface area is 118 Å². The number of hydrogen-bond acceptors (Lipinski definition) is 5. The van der Waals surface area contributed by atoms with Crippen molar-refractivity contribution < 1.29 is 9.59 Å². The summed E-state index contributed by atoms with van der Waals surface area (Å²) in [6.07, 6.45) is 0.629. The van der Waals surface area contributed by atoms with Gasteiger partial charge in [-0.3, -0.25) is 19.9 Å². The topological polar surface area (TPSA) is 88.3 Å². The van der Waals surface area contributed by atoms with E-state index < -0.39 is 0 Å². The van der Waals surface area contributed by atoms with Crippen LogP contribution in [0.3, 0.4) is 0 Å². The highest BCUT2D eigenvalue weighted by Gasteiger charge is 2.33. The van der Waals surface area contributed by atoms with Gasteiger partial charge in [0.15, 0.2) is 0 Å². The summed E-state index contributed by atoms with van der Waals surface area (Å²) < 4.78 is 0. The normalized spacial score (nSPS) is 19.2. The molecule has 1 unspecified atom stereocenters. The molecule has 0 aliphatic carbocycles. The number of aryl methyl sites for hydroxylation is 2. The van der Waals surface area contributed by atoms with Crippen LogP contribution >= 0.6 is 0 Å². The van der Waals surface area contributed by atoms with Gasteiger partial charge >= 0.3 is 0 Å². The Hall–Kier alpha value is -1.95. The highest BCUT2D eigenvalue weighted by molar-refractivity contribution is 6.04. The van der Waals surface area contributed by atoms with Gasteiger partial charge < -0.3 is 10.6 Å². The molecule has 20 heavy (non-hydrogen) atoms. The van der Waals surface area contributed by atoms with E-state index in [0.29, 0.717) is 13.0 Å². The molecule has 0 saturated carbocycles. The highest BCUT2D eigenvalue weighted by Crippen LogP contribution is 2.27. The molecule has 1 fully saturated rings. The third-order valence-electron chi connectivity index (χ3n) is 3.59. The van der Waals surface area contributed by atoms with Crippen molar-refractivity contribution in [2.75, 3.05) is 11.4 Å². The van der Waals surface area contributed by atoms with Gasteiger partial charge in [-0.15, -0.1) is 0 Å². The molecule has 108 valence electrons. The molecule has 1 saturated heterocycles. The maximum Gasteiger partial charge on any atom is 0.249 e. The fraction of sp³-hybridized carbons (Fsp3) is 0.500. The maximum absolute atomic E-state index is 12.0. The van der Waals surface area contributed by atoms with Crippen LogP contribution in [0.5, 0.6) is 0 Å². The number of piperazine rings is 1. The second-order valence-electron chi connectivity index (χ2n) is 5.02. The molecule has 2 amide bonds. The van der Waals surface area contributed by atoms with E-state index in [9.17, 15) is 9.59 Å². The quantitative estimate of drug-likeness (QED) is 0.780. The number of carbonyl (C=O) groups excluding carboxylic acids is 2. The Balaban J connectivity index is 2.52. The van der Waals surface area contributed by atoms with Crippen LogP contribution in [-0.4, -0.2) is 29.4 Å². The maximum atomic E-state index is 12.0. The van der Waals surface area contributed by atoms with Crippen LogP contribution in [0.15, 0.2) is 6.07 Å². The summed E-state index contributed by atoms with van der Waals surface area (Å²) in [5.74, 6) is -0.534. The van der Waals surface area contributed by atoms with Crippen LogP contribution in [0.1, 0.15) is 30.3 Å². The predicted molar refractivity (Wildman–Crippen MR) is 76.2 cm³/mol. The van der Waals surface area contributed by atoms with Crippen LogP contribution in [0, 0.1) is 13.8 Å². The first-order valence-corrected chi connectivity index (χ1v) is 6.75. The summed E-state index contributed by atoms with van der Waals surface area (Å²) in [5, 5.41) is 2.38. The van der Waals surface area contributed by atoms with Crippen molar-refractivity contribution in [1.29, 1.82) is 0 Å². The second-order valence-corrected chi connectivity index (χ2v) is 5.02. The van der Waals surface area contributed by atoms with E-state index in [1.54, 1.807) is 0 Å². The van der Waals surface area contributed by atoms with Crippen molar-refractivity contribution >= 4 is 17.5 Å². The van der Waals surface area contributed by atoms with Gasteiger partial charge in [0.2, 0.25) is 11.8 Å². The van der Waals surface area contributed by atoms with E-state index in [4.69, 9.17) is 5.73 Å². The van der Waals surface area contributed by atoms with Crippen LogP contribution in [0.2, 0.25) is 0 Å². The van der Waals surface area contributed by atoms with E-state index in [0.717, 1.165) is 22.6 Å². The largest absolute Gasteiger partial charge is 0.350 e. The van der Waals surface area contributed by atoms with Crippen molar-refractivity contribution in [2.24, 2.45) is 5.73 Å². The molecule has 1 aromatic heterocycles. The number of pyridine rings is 1. The van der Waals surface area contributed by atoms with Gasteiger partial charge in [-0.1, -0.05) is 6.92 Å². The molecule has 6 heteroatoms. The SMILES string of the molecule is CCC1C(=O)NC(=O)CN1c1cc(C)nc(C)c1CN. The van der Waals surface area contributed by atoms with Crippen LogP contribution in [0.25, 0.3) is 0 Å². The van der Waals surface area contributed by atoms with E-state index in [1.165, 1.54) is 0 Å². The molecule has 6 nitrogen and oxygen atoms in total. The number of nitrogens with zero attached hydrogens (tertiary/aromatic N) is 2. The van der Waals surface area contributed by atoms with Crippen LogP contribution < -0.4 is 16.0 Å². The monoisotopic (exact) mass is 276 g/mol. The number of anilines is 1. The number of hydrogen-bond donors (Lipinski definition) is 2. The molecule has 1 aromatic rings. The molecule has 1 aliphatic heterocycles. The number of aromatic nitrogens is 1. The van der Waals surface area contributed by atoms with Crippen LogP contribution in [-0.2, 0) is 16.1 Å². The molecule has 0 spiro atoms. The smallest absolute Gasteiger partial charge is 0.249 e. The first-order valence-electron chi connectivity index (χ1n) is 6.75. The Bertz CT molecular complexity index is 556. The van der Waals surface area contributed by atoms with Crippen molar-refractivity contribution in [3.05, 3.63) is 23.0 Å². The molecule has 0 radical (unpaired) electrons. The predicted octanol–water partition coefficient (Wildman–Crippen LogP) is 0.399. The highest BCUT2D eigenvalue weighted by atomic mass is 16.2. The summed E-state index contributed by atoms with van der Waals surface area (Å²) >= 11 is 0. The summed E-state index contributed by atoms with van der Waals surface area (Å²) in [5.41, 5.74) is 9.23. The van der Waals surface area contributed by atoms with E-state index in [1.807, 2.05) is 31.7 Å². The zero-order valence-corrected chi connectivity index (χ0v) is 12.1. The molecule has 3 N–H and O–H groups in total. The van der Waals surface area contributed by atoms with Crippen molar-refractivity contribution in [3.63, 3.8) is 0 Å². The average Bonchev–Trinajstić information content (AvgIpc) is 2.37. The summed E-state index contributed by atoms with van der Waals surface area (Å²) in [6.45, 7) is 6.21. The number of nitrogens with one attached hydrogen (secondary N) is 1. The first kappa shape index (κ1) is 14.5. The van der Waals surface area contributed by atoms with Gasteiger partial charge in [0.05, 0.1) is 6.54 Å². The van der Waals surface area contributed by atoms with Gasteiger partial charge in [0, 0.05) is 29.2 Å². The Morgan fingerprint density at radius 2 is 2.15 bits per heavy atom. The molecule has 0 aromatic carbocycles. The van der Waals surface area contributed by atoms with E-state index >= 15 is 0 Å². The van der Waals surface area contributed by atoms with E-state index in [2.05, 4.69) is 10.3 Å².